The van der Waals surface area contributed by atoms with Gasteiger partial charge in [-0.3, -0.25) is 19.6 Å². The zero-order chi connectivity index (χ0) is 38.6. The summed E-state index contributed by atoms with van der Waals surface area (Å²) in [4.78, 5) is 53.8. The van der Waals surface area contributed by atoms with Gasteiger partial charge in [0.2, 0.25) is 11.8 Å². The number of pyridine rings is 2. The van der Waals surface area contributed by atoms with Crippen LogP contribution in [0.4, 0.5) is 14.6 Å². The van der Waals surface area contributed by atoms with Crippen molar-refractivity contribution >= 4 is 45.7 Å². The van der Waals surface area contributed by atoms with Gasteiger partial charge in [-0.2, -0.15) is 5.10 Å². The molecule has 1 aliphatic heterocycles. The van der Waals surface area contributed by atoms with Crippen LogP contribution in [-0.4, -0.2) is 101 Å². The standard InChI is InChI=1S/C26H26F2N8O4.C9H9N3O2/c1-15(24(37)32-21-12-30-22(13-29-21)40-20-5-4-16(27)10-19(20)28)34-8-9-35(26(2,3)14-34)25(38)17-6-7-36(39)23-18(17)11-31-33-23;1-2-14-9(13)6-3-4-10-8-7(6)5-11-12-8/h4-7,10-13,15H,8-9,14H2,1-3H3,(H,31,33)(H,29,32,37);3-5H,2H2,1H3,(H,10,11,12)/t15-;/m0./s1. The van der Waals surface area contributed by atoms with Gasteiger partial charge in [0.15, 0.2) is 23.0 Å². The summed E-state index contributed by atoms with van der Waals surface area (Å²) in [6.07, 6.45) is 8.32. The molecule has 19 heteroatoms. The topological polar surface area (TPSA) is 211 Å². The number of fused-ring (bicyclic) bond motifs is 2. The highest BCUT2D eigenvalue weighted by atomic mass is 19.1. The molecule has 1 fully saturated rings. The maximum Gasteiger partial charge on any atom is 0.338 e. The van der Waals surface area contributed by atoms with Crippen LogP contribution in [0.25, 0.3) is 22.1 Å². The van der Waals surface area contributed by atoms with Gasteiger partial charge in [-0.1, -0.05) is 5.10 Å². The lowest BCUT2D eigenvalue weighted by Gasteiger charge is -2.48. The fraction of sp³-hybridized carbons (Fsp3) is 0.286. The molecule has 280 valence electrons. The van der Waals surface area contributed by atoms with Crippen molar-refractivity contribution in [2.24, 2.45) is 0 Å². The number of piperazine rings is 1. The van der Waals surface area contributed by atoms with Crippen LogP contribution < -0.4 is 14.8 Å². The number of H-pyrrole nitrogens is 2. The van der Waals surface area contributed by atoms with E-state index in [1.54, 1.807) is 37.2 Å². The number of hydrogen-bond acceptors (Lipinski definition) is 12. The molecule has 0 spiro atoms. The van der Waals surface area contributed by atoms with Crippen molar-refractivity contribution in [1.29, 1.82) is 0 Å². The van der Waals surface area contributed by atoms with Gasteiger partial charge in [0.05, 0.1) is 65.7 Å². The fourth-order valence-corrected chi connectivity index (χ4v) is 5.92. The van der Waals surface area contributed by atoms with E-state index < -0.39 is 23.2 Å². The number of amides is 2. The first kappa shape index (κ1) is 37.1. The Morgan fingerprint density at radius 2 is 1.78 bits per heavy atom. The number of ether oxygens (including phenoxy) is 2. The number of nitrogens with one attached hydrogen (secondary N) is 3. The fourth-order valence-electron chi connectivity index (χ4n) is 5.92. The summed E-state index contributed by atoms with van der Waals surface area (Å²) >= 11 is 0. The number of anilines is 1. The second kappa shape index (κ2) is 15.5. The smallest absolute Gasteiger partial charge is 0.338 e. The lowest BCUT2D eigenvalue weighted by atomic mass is 9.96. The Morgan fingerprint density at radius 3 is 2.50 bits per heavy atom. The molecule has 5 aromatic heterocycles. The number of aromatic amines is 2. The molecule has 3 N–H and O–H groups in total. The van der Waals surface area contributed by atoms with E-state index in [1.807, 2.05) is 18.7 Å². The van der Waals surface area contributed by atoms with Crippen molar-refractivity contribution in [3.8, 4) is 11.6 Å². The molecule has 54 heavy (non-hydrogen) atoms. The van der Waals surface area contributed by atoms with Gasteiger partial charge in [-0.15, -0.1) is 5.10 Å². The molecule has 0 radical (unpaired) electrons. The third-order valence-corrected chi connectivity index (χ3v) is 8.68. The first-order valence-electron chi connectivity index (χ1n) is 16.7. The van der Waals surface area contributed by atoms with Crippen molar-refractivity contribution < 1.29 is 37.4 Å². The number of hydrogen-bond donors (Lipinski definition) is 3. The number of esters is 1. The molecule has 7 rings (SSSR count). The van der Waals surface area contributed by atoms with Crippen molar-refractivity contribution in [3.63, 3.8) is 0 Å². The zero-order valence-electron chi connectivity index (χ0n) is 29.5. The van der Waals surface area contributed by atoms with Crippen molar-refractivity contribution in [2.75, 3.05) is 31.6 Å². The van der Waals surface area contributed by atoms with E-state index in [1.165, 1.54) is 30.9 Å². The predicted molar refractivity (Wildman–Crippen MR) is 188 cm³/mol. The van der Waals surface area contributed by atoms with Crippen LogP contribution in [0.15, 0.2) is 67.5 Å². The summed E-state index contributed by atoms with van der Waals surface area (Å²) in [5.74, 6) is -2.59. The van der Waals surface area contributed by atoms with Gasteiger partial charge < -0.3 is 24.9 Å². The highest BCUT2D eigenvalue weighted by Crippen LogP contribution is 2.27. The summed E-state index contributed by atoms with van der Waals surface area (Å²) in [5, 5.41) is 28.8. The second-order valence-corrected chi connectivity index (χ2v) is 12.7. The maximum atomic E-state index is 13.8. The van der Waals surface area contributed by atoms with Gasteiger partial charge in [-0.05, 0) is 52.0 Å². The molecule has 6 aromatic rings. The normalized spacial score (nSPS) is 14.6. The molecule has 6 heterocycles. The first-order valence-corrected chi connectivity index (χ1v) is 16.7. The van der Waals surface area contributed by atoms with Crippen molar-refractivity contribution in [2.45, 2.75) is 39.3 Å². The minimum Gasteiger partial charge on any atom is -0.711 e. The minimum atomic E-state index is -0.883. The molecule has 0 bridgehead atoms. The Morgan fingerprint density at radius 1 is 1.00 bits per heavy atom. The molecule has 0 aliphatic carbocycles. The van der Waals surface area contributed by atoms with E-state index in [9.17, 15) is 28.4 Å². The van der Waals surface area contributed by atoms with E-state index >= 15 is 0 Å². The van der Waals surface area contributed by atoms with Gasteiger partial charge in [0.1, 0.15) is 11.2 Å². The third kappa shape index (κ3) is 7.89. The molecule has 0 unspecified atom stereocenters. The zero-order valence-corrected chi connectivity index (χ0v) is 29.5. The summed E-state index contributed by atoms with van der Waals surface area (Å²) in [6.45, 7) is 8.93. The predicted octanol–water partition coefficient (Wildman–Crippen LogP) is 3.76. The lowest BCUT2D eigenvalue weighted by molar-refractivity contribution is -0.579. The molecular weight excluding hydrogens is 708 g/mol. The summed E-state index contributed by atoms with van der Waals surface area (Å²) < 4.78 is 37.7. The van der Waals surface area contributed by atoms with E-state index in [-0.39, 0.29) is 40.9 Å². The highest BCUT2D eigenvalue weighted by Gasteiger charge is 2.40. The Balaban J connectivity index is 0.000000297. The third-order valence-electron chi connectivity index (χ3n) is 8.68. The van der Waals surface area contributed by atoms with Crippen LogP contribution in [0.3, 0.4) is 0 Å². The van der Waals surface area contributed by atoms with Gasteiger partial charge in [0, 0.05) is 31.9 Å². The molecule has 1 aliphatic rings. The molecule has 1 atom stereocenters. The Hall–Kier alpha value is -6.63. The molecule has 17 nitrogen and oxygen atoms in total. The number of halogens is 2. The molecule has 2 amide bonds. The minimum absolute atomic E-state index is 0.0322. The van der Waals surface area contributed by atoms with Crippen LogP contribution in [-0.2, 0) is 9.53 Å². The molecule has 1 saturated heterocycles. The average molecular weight is 744 g/mol. The number of carbonyl (C=O) groups excluding carboxylic acids is 3. The van der Waals surface area contributed by atoms with Gasteiger partial charge in [0.25, 0.3) is 5.91 Å². The SMILES string of the molecule is CCOC(=O)c1ccnc2[nH]ncc12.C[C@@H](C(=O)Nc1cnc(Oc2ccc(F)cc2F)cn1)N1CCN(C(=O)c2cc[n+]([O-])c3[nH]ncc23)C(C)(C)C1. The number of nitrogens with zero attached hydrogens (tertiary/aromatic N) is 8. The average Bonchev–Trinajstić information content (AvgIpc) is 3.84. The second-order valence-electron chi connectivity index (χ2n) is 12.7. The van der Waals surface area contributed by atoms with Crippen LogP contribution in [0, 0.1) is 16.8 Å². The van der Waals surface area contributed by atoms with E-state index in [4.69, 9.17) is 9.47 Å². The van der Waals surface area contributed by atoms with E-state index in [2.05, 4.69) is 40.7 Å². The largest absolute Gasteiger partial charge is 0.711 e. The summed E-state index contributed by atoms with van der Waals surface area (Å²) in [7, 11) is 0. The number of carbonyl (C=O) groups is 3. The van der Waals surface area contributed by atoms with Crippen LogP contribution >= 0.6 is 0 Å². The van der Waals surface area contributed by atoms with Crippen molar-refractivity contribution in [1.82, 2.24) is 45.1 Å². The van der Waals surface area contributed by atoms with Crippen molar-refractivity contribution in [3.05, 3.63) is 95.5 Å². The summed E-state index contributed by atoms with van der Waals surface area (Å²) in [5.41, 5.74) is 1.04. The lowest BCUT2D eigenvalue weighted by Crippen LogP contribution is -2.63. The Bertz CT molecular complexity index is 2310. The van der Waals surface area contributed by atoms with Crippen LogP contribution in [0.5, 0.6) is 11.6 Å². The summed E-state index contributed by atoms with van der Waals surface area (Å²) in [6, 6.07) is 5.44. The van der Waals surface area contributed by atoms with Gasteiger partial charge >= 0.3 is 11.6 Å². The maximum absolute atomic E-state index is 13.8. The van der Waals surface area contributed by atoms with E-state index in [0.717, 1.165) is 12.1 Å². The van der Waals surface area contributed by atoms with Crippen LogP contribution in [0.2, 0.25) is 0 Å². The number of rotatable bonds is 8. The highest BCUT2D eigenvalue weighted by molar-refractivity contribution is 6.05. The number of benzene rings is 1. The quantitative estimate of drug-likeness (QED) is 0.116. The number of aromatic nitrogens is 8. The molecule has 1 aromatic carbocycles. The van der Waals surface area contributed by atoms with Crippen LogP contribution in [0.1, 0.15) is 48.4 Å². The van der Waals surface area contributed by atoms with Gasteiger partial charge in [-0.25, -0.2) is 33.3 Å². The monoisotopic (exact) mass is 743 g/mol. The Labute approximate surface area is 305 Å². The Kier molecular flexibility index (Phi) is 10.7. The van der Waals surface area contributed by atoms with E-state index in [0.29, 0.717) is 64.6 Å². The molecule has 0 saturated carbocycles. The first-order chi connectivity index (χ1) is 25.9. The molecular formula is C35H35F2N11O6.